The van der Waals surface area contributed by atoms with Crippen molar-refractivity contribution in [2.45, 2.75) is 0 Å². The molecule has 2 heterocycles. The molecule has 0 aliphatic heterocycles. The Bertz CT molecular complexity index is 259. The number of halogens is 1. The molecule has 0 amide bonds. The van der Waals surface area contributed by atoms with Crippen molar-refractivity contribution in [2.75, 3.05) is 0 Å². The second-order valence-electron chi connectivity index (χ2n) is 1.62. The van der Waals surface area contributed by atoms with Crippen LogP contribution in [0.3, 0.4) is 0 Å². The minimum Gasteiger partial charge on any atom is -0.411 e. The van der Waals surface area contributed by atoms with Crippen LogP contribution in [0.4, 0.5) is 0 Å². The standard InChI is InChI=1S/C2H2ClN3.C2H3N3O/c3-6-2-1-4-5-6;6-5-2-1-3-4-5/h1-2H;1-2,6H. The summed E-state index contributed by atoms with van der Waals surface area (Å²) >= 11 is 5.20. The molecule has 64 valence electrons. The first-order chi connectivity index (χ1) is 5.79. The van der Waals surface area contributed by atoms with E-state index < -0.39 is 0 Å². The van der Waals surface area contributed by atoms with Crippen molar-refractivity contribution in [1.82, 2.24) is 29.7 Å². The first kappa shape index (κ1) is 8.47. The molecule has 8 heteroatoms. The zero-order valence-electron chi connectivity index (χ0n) is 5.82. The molecular formula is C4H5ClN6O. The highest BCUT2D eigenvalue weighted by molar-refractivity contribution is 6.14. The van der Waals surface area contributed by atoms with Crippen molar-refractivity contribution >= 4 is 11.8 Å². The highest BCUT2D eigenvalue weighted by atomic mass is 35.5. The Labute approximate surface area is 72.2 Å². The minimum absolute atomic E-state index is 0.639. The predicted molar refractivity (Wildman–Crippen MR) is 38.5 cm³/mol. The summed E-state index contributed by atoms with van der Waals surface area (Å²) in [5.41, 5.74) is 0. The molecule has 0 saturated carbocycles. The maximum atomic E-state index is 8.22. The monoisotopic (exact) mass is 188 g/mol. The van der Waals surface area contributed by atoms with Crippen molar-refractivity contribution in [3.05, 3.63) is 24.8 Å². The molecule has 0 aliphatic carbocycles. The van der Waals surface area contributed by atoms with Crippen LogP contribution in [0.1, 0.15) is 0 Å². The zero-order chi connectivity index (χ0) is 8.81. The van der Waals surface area contributed by atoms with Gasteiger partial charge in [-0.1, -0.05) is 10.1 Å². The molecular weight excluding hydrogens is 184 g/mol. The van der Waals surface area contributed by atoms with E-state index in [-0.39, 0.29) is 0 Å². The summed E-state index contributed by atoms with van der Waals surface area (Å²) in [5, 5.41) is 21.4. The van der Waals surface area contributed by atoms with Crippen LogP contribution in [0.25, 0.3) is 0 Å². The quantitative estimate of drug-likeness (QED) is 0.579. The number of hydrogen-bond donors (Lipinski definition) is 1. The van der Waals surface area contributed by atoms with Crippen molar-refractivity contribution in [3.63, 3.8) is 0 Å². The van der Waals surface area contributed by atoms with Crippen LogP contribution < -0.4 is 0 Å². The third-order valence-corrected chi connectivity index (χ3v) is 0.984. The molecule has 2 aromatic heterocycles. The summed E-state index contributed by atoms with van der Waals surface area (Å²) in [7, 11) is 0. The van der Waals surface area contributed by atoms with E-state index in [9.17, 15) is 0 Å². The van der Waals surface area contributed by atoms with Crippen molar-refractivity contribution in [1.29, 1.82) is 0 Å². The third kappa shape index (κ3) is 2.97. The Morgan fingerprint density at radius 1 is 1.08 bits per heavy atom. The highest BCUT2D eigenvalue weighted by Crippen LogP contribution is 1.77. The van der Waals surface area contributed by atoms with E-state index in [0.717, 1.165) is 4.20 Å². The lowest BCUT2D eigenvalue weighted by Gasteiger charge is -1.74. The SMILES string of the molecule is Cln1ccnn1.On1ccnn1. The van der Waals surface area contributed by atoms with Gasteiger partial charge in [0, 0.05) is 11.8 Å². The van der Waals surface area contributed by atoms with E-state index in [1.807, 2.05) is 0 Å². The van der Waals surface area contributed by atoms with Gasteiger partial charge in [0.05, 0.1) is 24.8 Å². The van der Waals surface area contributed by atoms with Crippen molar-refractivity contribution in [3.8, 4) is 0 Å². The van der Waals surface area contributed by atoms with Crippen LogP contribution >= 0.6 is 11.8 Å². The fourth-order valence-corrected chi connectivity index (χ4v) is 0.485. The Morgan fingerprint density at radius 2 is 1.75 bits per heavy atom. The second-order valence-corrected chi connectivity index (χ2v) is 1.96. The number of hydrogen-bond acceptors (Lipinski definition) is 5. The molecule has 12 heavy (non-hydrogen) atoms. The molecule has 2 rings (SSSR count). The molecule has 0 saturated heterocycles. The largest absolute Gasteiger partial charge is 0.411 e. The number of nitrogens with zero attached hydrogens (tertiary/aromatic N) is 6. The van der Waals surface area contributed by atoms with Gasteiger partial charge in [-0.2, -0.15) is 4.20 Å². The van der Waals surface area contributed by atoms with Crippen LogP contribution in [0.15, 0.2) is 24.8 Å². The van der Waals surface area contributed by atoms with Gasteiger partial charge in [-0.15, -0.1) is 10.2 Å². The van der Waals surface area contributed by atoms with Crippen LogP contribution in [-0.2, 0) is 0 Å². The van der Waals surface area contributed by atoms with E-state index in [1.165, 1.54) is 18.6 Å². The van der Waals surface area contributed by atoms with Gasteiger partial charge in [0.2, 0.25) is 0 Å². The maximum absolute atomic E-state index is 8.22. The molecule has 1 N–H and O–H groups in total. The summed E-state index contributed by atoms with van der Waals surface area (Å²) in [6, 6.07) is 0. The molecule has 7 nitrogen and oxygen atoms in total. The summed E-state index contributed by atoms with van der Waals surface area (Å²) in [6.07, 6.45) is 5.77. The molecule has 0 aromatic carbocycles. The first-order valence-corrected chi connectivity index (χ1v) is 3.21. The average molecular weight is 189 g/mol. The molecule has 0 spiro atoms. The first-order valence-electron chi connectivity index (χ1n) is 2.87. The van der Waals surface area contributed by atoms with Crippen LogP contribution in [0, 0.1) is 0 Å². The minimum atomic E-state index is 0.639. The average Bonchev–Trinajstić information content (AvgIpc) is 2.63. The molecule has 2 aromatic rings. The summed E-state index contributed by atoms with van der Waals surface area (Å²) < 4.78 is 1.11. The van der Waals surface area contributed by atoms with E-state index in [2.05, 4.69) is 20.6 Å². The molecule has 0 atom stereocenters. The van der Waals surface area contributed by atoms with Crippen LogP contribution in [-0.4, -0.2) is 34.9 Å². The zero-order valence-corrected chi connectivity index (χ0v) is 6.57. The Hall–Kier alpha value is -1.63. The molecule has 0 unspecified atom stereocenters. The fraction of sp³-hybridized carbons (Fsp3) is 0. The Kier molecular flexibility index (Phi) is 3.03. The third-order valence-electron chi connectivity index (χ3n) is 0.803. The molecule has 0 radical (unpaired) electrons. The number of aromatic nitrogens is 6. The van der Waals surface area contributed by atoms with Gasteiger partial charge in [0.25, 0.3) is 0 Å². The van der Waals surface area contributed by atoms with Crippen molar-refractivity contribution in [2.24, 2.45) is 0 Å². The topological polar surface area (TPSA) is 81.6 Å². The van der Waals surface area contributed by atoms with Gasteiger partial charge in [0.1, 0.15) is 0 Å². The summed E-state index contributed by atoms with van der Waals surface area (Å²) in [5.74, 6) is 0. The molecule has 0 fully saturated rings. The van der Waals surface area contributed by atoms with Gasteiger partial charge in [-0.3, -0.25) is 0 Å². The summed E-state index contributed by atoms with van der Waals surface area (Å²) in [4.78, 5) is 0.639. The van der Waals surface area contributed by atoms with Crippen molar-refractivity contribution < 1.29 is 5.21 Å². The Balaban J connectivity index is 0.000000120. The van der Waals surface area contributed by atoms with E-state index in [4.69, 9.17) is 17.0 Å². The van der Waals surface area contributed by atoms with Crippen LogP contribution in [0.5, 0.6) is 0 Å². The second kappa shape index (κ2) is 4.29. The smallest absolute Gasteiger partial charge is 0.0868 e. The lowest BCUT2D eigenvalue weighted by Crippen LogP contribution is -1.88. The van der Waals surface area contributed by atoms with Gasteiger partial charge < -0.3 is 5.21 Å². The summed E-state index contributed by atoms with van der Waals surface area (Å²) in [6.45, 7) is 0. The maximum Gasteiger partial charge on any atom is 0.0868 e. The van der Waals surface area contributed by atoms with Crippen LogP contribution in [0.2, 0.25) is 0 Å². The Morgan fingerprint density at radius 3 is 1.92 bits per heavy atom. The van der Waals surface area contributed by atoms with Gasteiger partial charge >= 0.3 is 0 Å². The fourth-order valence-electron chi connectivity index (χ4n) is 0.396. The number of rotatable bonds is 0. The lowest BCUT2D eigenvalue weighted by atomic mass is 11.0. The molecule has 0 bridgehead atoms. The van der Waals surface area contributed by atoms with Gasteiger partial charge in [-0.05, 0) is 5.21 Å². The van der Waals surface area contributed by atoms with Gasteiger partial charge in [-0.25, -0.2) is 0 Å². The predicted octanol–water partition coefficient (Wildman–Crippen LogP) is -0.205. The van der Waals surface area contributed by atoms with E-state index >= 15 is 0 Å². The van der Waals surface area contributed by atoms with E-state index in [1.54, 1.807) is 6.20 Å². The van der Waals surface area contributed by atoms with Gasteiger partial charge in [0.15, 0.2) is 0 Å². The van der Waals surface area contributed by atoms with E-state index in [0.29, 0.717) is 4.85 Å². The normalized spacial score (nSPS) is 8.75. The lowest BCUT2D eigenvalue weighted by molar-refractivity contribution is 0.143. The molecule has 0 aliphatic rings. The highest BCUT2D eigenvalue weighted by Gasteiger charge is 1.74.